The Hall–Kier alpha value is -1.30. The van der Waals surface area contributed by atoms with Crippen molar-refractivity contribution >= 4 is 5.57 Å². The van der Waals surface area contributed by atoms with Crippen molar-refractivity contribution in [1.82, 2.24) is 0 Å². The van der Waals surface area contributed by atoms with E-state index in [-0.39, 0.29) is 0 Å². The summed E-state index contributed by atoms with van der Waals surface area (Å²) in [6.07, 6.45) is 8.36. The van der Waals surface area contributed by atoms with Crippen molar-refractivity contribution in [3.8, 4) is 0 Å². The third-order valence-electron chi connectivity index (χ3n) is 1.80. The SMILES string of the molecule is [C]1=CC(c2ccccc2)=CC1. The average molecular weight is 141 g/mol. The maximum absolute atomic E-state index is 3.15. The molecule has 0 nitrogen and oxygen atoms in total. The zero-order valence-corrected chi connectivity index (χ0v) is 6.25. The van der Waals surface area contributed by atoms with Gasteiger partial charge in [0.1, 0.15) is 0 Å². The van der Waals surface area contributed by atoms with Gasteiger partial charge in [-0.25, -0.2) is 0 Å². The third kappa shape index (κ3) is 1.25. The lowest BCUT2D eigenvalue weighted by atomic mass is 10.1. The van der Waals surface area contributed by atoms with Crippen LogP contribution in [0.2, 0.25) is 0 Å². The minimum atomic E-state index is 0.963. The fourth-order valence-electron chi connectivity index (χ4n) is 1.23. The molecule has 0 amide bonds. The van der Waals surface area contributed by atoms with Crippen LogP contribution in [0.4, 0.5) is 0 Å². The van der Waals surface area contributed by atoms with E-state index in [1.54, 1.807) is 0 Å². The normalized spacial score (nSPS) is 15.1. The van der Waals surface area contributed by atoms with Gasteiger partial charge >= 0.3 is 0 Å². The highest BCUT2D eigenvalue weighted by atomic mass is 14.0. The minimum absolute atomic E-state index is 0.963. The van der Waals surface area contributed by atoms with Crippen LogP contribution in [0.5, 0.6) is 0 Å². The first-order valence-electron chi connectivity index (χ1n) is 3.79. The fraction of sp³-hybridized carbons (Fsp3) is 0.0909. The van der Waals surface area contributed by atoms with Crippen LogP contribution < -0.4 is 0 Å². The molecule has 0 aromatic heterocycles. The van der Waals surface area contributed by atoms with Crippen LogP contribution >= 0.6 is 0 Å². The first kappa shape index (κ1) is 6.41. The molecule has 1 aromatic carbocycles. The molecule has 0 heteroatoms. The lowest BCUT2D eigenvalue weighted by molar-refractivity contribution is 1.40. The summed E-state index contributed by atoms with van der Waals surface area (Å²) in [7, 11) is 0. The molecule has 0 aliphatic heterocycles. The molecule has 0 saturated heterocycles. The van der Waals surface area contributed by atoms with Gasteiger partial charge in [0.15, 0.2) is 0 Å². The predicted molar refractivity (Wildman–Crippen MR) is 46.8 cm³/mol. The number of hydrogen-bond acceptors (Lipinski definition) is 0. The monoisotopic (exact) mass is 141 g/mol. The summed E-state index contributed by atoms with van der Waals surface area (Å²) in [4.78, 5) is 0. The molecule has 0 N–H and O–H groups in total. The Morgan fingerprint density at radius 1 is 1.09 bits per heavy atom. The van der Waals surface area contributed by atoms with Crippen molar-refractivity contribution in [2.24, 2.45) is 0 Å². The molecule has 1 aliphatic rings. The Morgan fingerprint density at radius 2 is 1.91 bits per heavy atom. The smallest absolute Gasteiger partial charge is 0.00852 e. The highest BCUT2D eigenvalue weighted by Crippen LogP contribution is 2.19. The second-order valence-corrected chi connectivity index (χ2v) is 2.58. The molecule has 1 aromatic rings. The van der Waals surface area contributed by atoms with Gasteiger partial charge in [-0.05, 0) is 23.6 Å². The van der Waals surface area contributed by atoms with E-state index in [1.807, 2.05) is 6.07 Å². The van der Waals surface area contributed by atoms with Crippen LogP contribution in [0.15, 0.2) is 42.5 Å². The topological polar surface area (TPSA) is 0 Å². The standard InChI is InChI=1S/C11H9/c1-2-6-10(7-3-1)11-8-4-5-9-11/h1-3,6-9H,4H2. The first-order chi connectivity index (χ1) is 5.47. The Bertz CT molecular complexity index is 291. The van der Waals surface area contributed by atoms with Crippen LogP contribution in [0, 0.1) is 6.08 Å². The number of allylic oxidation sites excluding steroid dienone is 4. The Balaban J connectivity index is 2.37. The summed E-state index contributed by atoms with van der Waals surface area (Å²) in [6, 6.07) is 10.4. The highest BCUT2D eigenvalue weighted by Gasteiger charge is 1.98. The molecule has 0 saturated carbocycles. The molecule has 1 aliphatic carbocycles. The Morgan fingerprint density at radius 3 is 2.55 bits per heavy atom. The molecule has 0 atom stereocenters. The van der Waals surface area contributed by atoms with Crippen LogP contribution in [0.1, 0.15) is 12.0 Å². The highest BCUT2D eigenvalue weighted by molar-refractivity contribution is 5.75. The van der Waals surface area contributed by atoms with E-state index in [0.29, 0.717) is 0 Å². The van der Waals surface area contributed by atoms with Crippen LogP contribution in [0.25, 0.3) is 5.57 Å². The van der Waals surface area contributed by atoms with Gasteiger partial charge < -0.3 is 0 Å². The average Bonchev–Trinajstić information content (AvgIpc) is 2.58. The predicted octanol–water partition coefficient (Wildman–Crippen LogP) is 2.83. The summed E-state index contributed by atoms with van der Waals surface area (Å²) in [5.74, 6) is 0. The zero-order chi connectivity index (χ0) is 7.52. The summed E-state index contributed by atoms with van der Waals surface area (Å²) < 4.78 is 0. The number of rotatable bonds is 1. The molecule has 0 spiro atoms. The van der Waals surface area contributed by atoms with Crippen molar-refractivity contribution < 1.29 is 0 Å². The number of hydrogen-bond donors (Lipinski definition) is 0. The Kier molecular flexibility index (Phi) is 1.60. The quantitative estimate of drug-likeness (QED) is 0.564. The summed E-state index contributed by atoms with van der Waals surface area (Å²) in [5, 5.41) is 0. The first-order valence-corrected chi connectivity index (χ1v) is 3.79. The molecule has 11 heavy (non-hydrogen) atoms. The van der Waals surface area contributed by atoms with E-state index in [0.717, 1.165) is 6.42 Å². The van der Waals surface area contributed by atoms with E-state index in [2.05, 4.69) is 42.5 Å². The van der Waals surface area contributed by atoms with E-state index >= 15 is 0 Å². The van der Waals surface area contributed by atoms with Crippen molar-refractivity contribution in [2.45, 2.75) is 6.42 Å². The third-order valence-corrected chi connectivity index (χ3v) is 1.80. The van der Waals surface area contributed by atoms with Crippen molar-refractivity contribution in [1.29, 1.82) is 0 Å². The van der Waals surface area contributed by atoms with Crippen molar-refractivity contribution in [2.75, 3.05) is 0 Å². The largest absolute Gasteiger partial charge is 0.0722 e. The second kappa shape index (κ2) is 2.75. The molecule has 53 valence electrons. The maximum Gasteiger partial charge on any atom is -0.00852 e. The summed E-state index contributed by atoms with van der Waals surface area (Å²) in [6.45, 7) is 0. The Labute approximate surface area is 66.9 Å². The van der Waals surface area contributed by atoms with Crippen LogP contribution in [-0.2, 0) is 0 Å². The van der Waals surface area contributed by atoms with Gasteiger partial charge in [-0.1, -0.05) is 42.5 Å². The van der Waals surface area contributed by atoms with Crippen molar-refractivity contribution in [3.05, 3.63) is 54.1 Å². The van der Waals surface area contributed by atoms with Gasteiger partial charge in [0.05, 0.1) is 0 Å². The molecular formula is C11H9. The van der Waals surface area contributed by atoms with Gasteiger partial charge in [-0.3, -0.25) is 0 Å². The van der Waals surface area contributed by atoms with E-state index < -0.39 is 0 Å². The molecule has 2 rings (SSSR count). The summed E-state index contributed by atoms with van der Waals surface area (Å²) >= 11 is 0. The van der Waals surface area contributed by atoms with Gasteiger partial charge in [-0.2, -0.15) is 0 Å². The molecular weight excluding hydrogens is 132 g/mol. The lowest BCUT2D eigenvalue weighted by Crippen LogP contribution is -1.75. The second-order valence-electron chi connectivity index (χ2n) is 2.58. The number of benzene rings is 1. The lowest BCUT2D eigenvalue weighted by Gasteiger charge is -1.96. The van der Waals surface area contributed by atoms with Gasteiger partial charge in [0, 0.05) is 0 Å². The van der Waals surface area contributed by atoms with Crippen LogP contribution in [0.3, 0.4) is 0 Å². The van der Waals surface area contributed by atoms with Gasteiger partial charge in [0.2, 0.25) is 0 Å². The van der Waals surface area contributed by atoms with Crippen molar-refractivity contribution in [3.63, 3.8) is 0 Å². The van der Waals surface area contributed by atoms with Gasteiger partial charge in [0.25, 0.3) is 0 Å². The fourth-order valence-corrected chi connectivity index (χ4v) is 1.23. The van der Waals surface area contributed by atoms with E-state index in [1.165, 1.54) is 11.1 Å². The van der Waals surface area contributed by atoms with Crippen LogP contribution in [-0.4, -0.2) is 0 Å². The molecule has 1 radical (unpaired) electrons. The molecule has 0 heterocycles. The van der Waals surface area contributed by atoms with Gasteiger partial charge in [-0.15, -0.1) is 0 Å². The van der Waals surface area contributed by atoms with E-state index in [9.17, 15) is 0 Å². The molecule has 0 fully saturated rings. The maximum atomic E-state index is 3.15. The van der Waals surface area contributed by atoms with E-state index in [4.69, 9.17) is 0 Å². The summed E-state index contributed by atoms with van der Waals surface area (Å²) in [5.41, 5.74) is 2.59. The molecule has 0 unspecified atom stereocenters. The molecule has 0 bridgehead atoms. The zero-order valence-electron chi connectivity index (χ0n) is 6.25. The minimum Gasteiger partial charge on any atom is -0.0722 e.